The maximum atomic E-state index is 15.6. The van der Waals surface area contributed by atoms with Crippen molar-refractivity contribution in [1.29, 1.82) is 0 Å². The fourth-order valence-electron chi connectivity index (χ4n) is 4.96. The van der Waals surface area contributed by atoms with Crippen molar-refractivity contribution >= 4 is 29.0 Å². The SMILES string of the molecule is C=C=C(SC(C(=O)OCC)=C(C)C)C(C)\C=C(/C(C(C)=NC)=C(C(=C)C)\C1=C/[C@@H](C)CNCCC1)c1ccccc1F. The number of carbonyl (C=O) groups is 1. The number of thioether (sulfide) groups is 1. The molecule has 1 heterocycles. The Hall–Kier alpha value is -3.18. The fourth-order valence-corrected chi connectivity index (χ4v) is 5.85. The first-order valence-electron chi connectivity index (χ1n) is 14.6. The van der Waals surface area contributed by atoms with Gasteiger partial charge < -0.3 is 10.1 Å². The Labute approximate surface area is 257 Å². The van der Waals surface area contributed by atoms with Crippen LogP contribution in [-0.4, -0.2) is 38.4 Å². The van der Waals surface area contributed by atoms with Gasteiger partial charge in [0.1, 0.15) is 5.82 Å². The van der Waals surface area contributed by atoms with E-state index in [1.54, 1.807) is 26.1 Å². The number of hydrogen-bond donors (Lipinski definition) is 1. The second-order valence-corrected chi connectivity index (χ2v) is 11.9. The third-order valence-electron chi connectivity index (χ3n) is 7.01. The molecule has 0 amide bonds. The summed E-state index contributed by atoms with van der Waals surface area (Å²) in [4.78, 5) is 18.6. The Morgan fingerprint density at radius 2 is 1.98 bits per heavy atom. The van der Waals surface area contributed by atoms with E-state index in [1.807, 2.05) is 46.8 Å². The first kappa shape index (κ1) is 35.0. The smallest absolute Gasteiger partial charge is 0.344 e. The van der Waals surface area contributed by atoms with Crippen LogP contribution in [0.5, 0.6) is 0 Å². The summed E-state index contributed by atoms with van der Waals surface area (Å²) in [6.45, 7) is 24.2. The minimum atomic E-state index is -0.375. The first-order valence-corrected chi connectivity index (χ1v) is 15.4. The number of halogens is 1. The summed E-state index contributed by atoms with van der Waals surface area (Å²) in [7, 11) is 1.76. The molecule has 2 atom stereocenters. The molecule has 0 spiro atoms. The van der Waals surface area contributed by atoms with Crippen LogP contribution in [0, 0.1) is 17.7 Å². The highest BCUT2D eigenvalue weighted by atomic mass is 32.2. The maximum Gasteiger partial charge on any atom is 0.344 e. The van der Waals surface area contributed by atoms with Crippen LogP contribution in [-0.2, 0) is 9.53 Å². The molecule has 0 saturated heterocycles. The van der Waals surface area contributed by atoms with E-state index >= 15 is 4.39 Å². The summed E-state index contributed by atoms with van der Waals surface area (Å²) in [6.07, 6.45) is 6.21. The number of benzene rings is 1. The molecule has 1 aliphatic heterocycles. The Balaban J connectivity index is 2.92. The molecule has 4 nitrogen and oxygen atoms in total. The van der Waals surface area contributed by atoms with Crippen LogP contribution in [0.15, 0.2) is 98.0 Å². The zero-order chi connectivity index (χ0) is 31.4. The summed E-state index contributed by atoms with van der Waals surface area (Å²) in [6, 6.07) is 6.82. The van der Waals surface area contributed by atoms with Crippen molar-refractivity contribution < 1.29 is 13.9 Å². The van der Waals surface area contributed by atoms with Gasteiger partial charge in [-0.05, 0) is 82.7 Å². The molecular formula is C36H47FN2O2S. The molecule has 1 N–H and O–H groups in total. The highest BCUT2D eigenvalue weighted by Crippen LogP contribution is 2.40. The van der Waals surface area contributed by atoms with Gasteiger partial charge in [0.25, 0.3) is 0 Å². The molecule has 1 aliphatic rings. The van der Waals surface area contributed by atoms with Gasteiger partial charge in [-0.2, -0.15) is 0 Å². The average Bonchev–Trinajstić information content (AvgIpc) is 2.93. The number of nitrogens with zero attached hydrogens (tertiary/aromatic N) is 1. The van der Waals surface area contributed by atoms with Crippen molar-refractivity contribution in [2.45, 2.75) is 61.3 Å². The second-order valence-electron chi connectivity index (χ2n) is 10.9. The molecule has 42 heavy (non-hydrogen) atoms. The normalized spacial score (nSPS) is 18.8. The monoisotopic (exact) mass is 590 g/mol. The van der Waals surface area contributed by atoms with Gasteiger partial charge in [0.2, 0.25) is 0 Å². The molecule has 0 aromatic heterocycles. The van der Waals surface area contributed by atoms with Gasteiger partial charge in [0.15, 0.2) is 0 Å². The topological polar surface area (TPSA) is 50.7 Å². The lowest BCUT2D eigenvalue weighted by molar-refractivity contribution is -0.137. The largest absolute Gasteiger partial charge is 0.462 e. The summed E-state index contributed by atoms with van der Waals surface area (Å²) >= 11 is 1.30. The first-order chi connectivity index (χ1) is 20.0. The third-order valence-corrected chi connectivity index (χ3v) is 8.53. The molecular weight excluding hydrogens is 543 g/mol. The molecule has 1 aromatic carbocycles. The third kappa shape index (κ3) is 9.42. The minimum absolute atomic E-state index is 0.258. The number of nitrogens with one attached hydrogen (secondary N) is 1. The summed E-state index contributed by atoms with van der Waals surface area (Å²) < 4.78 is 20.9. The Morgan fingerprint density at radius 3 is 2.55 bits per heavy atom. The molecule has 1 aromatic rings. The van der Waals surface area contributed by atoms with Gasteiger partial charge in [0.05, 0.1) is 11.5 Å². The zero-order valence-corrected chi connectivity index (χ0v) is 27.4. The number of esters is 1. The summed E-state index contributed by atoms with van der Waals surface area (Å²) in [5, 5.41) is 3.51. The number of aliphatic imine (C=N–C) groups is 1. The van der Waals surface area contributed by atoms with Gasteiger partial charge in [-0.1, -0.05) is 80.3 Å². The van der Waals surface area contributed by atoms with Crippen LogP contribution < -0.4 is 5.32 Å². The van der Waals surface area contributed by atoms with Gasteiger partial charge in [-0.25, -0.2) is 9.18 Å². The van der Waals surface area contributed by atoms with Gasteiger partial charge in [0, 0.05) is 41.3 Å². The van der Waals surface area contributed by atoms with Crippen LogP contribution in [0.2, 0.25) is 0 Å². The fraction of sp³-hybridized carbons (Fsp3) is 0.417. The highest BCUT2D eigenvalue weighted by molar-refractivity contribution is 8.07. The number of carbonyl (C=O) groups excluding carboxylic acids is 1. The number of allylic oxidation sites excluding steroid dienone is 8. The van der Waals surface area contributed by atoms with E-state index < -0.39 is 0 Å². The Morgan fingerprint density at radius 1 is 1.29 bits per heavy atom. The lowest BCUT2D eigenvalue weighted by atomic mass is 9.81. The summed E-state index contributed by atoms with van der Waals surface area (Å²) in [5.41, 5.74) is 9.83. The maximum absolute atomic E-state index is 15.6. The van der Waals surface area contributed by atoms with E-state index in [4.69, 9.17) is 4.74 Å². The van der Waals surface area contributed by atoms with E-state index in [0.29, 0.717) is 16.4 Å². The molecule has 0 saturated carbocycles. The van der Waals surface area contributed by atoms with Crippen LogP contribution in [0.1, 0.15) is 66.9 Å². The second kappa shape index (κ2) is 17.1. The van der Waals surface area contributed by atoms with Crippen LogP contribution in [0.25, 0.3) is 5.57 Å². The van der Waals surface area contributed by atoms with Crippen LogP contribution >= 0.6 is 11.8 Å². The zero-order valence-electron chi connectivity index (χ0n) is 26.6. The predicted octanol–water partition coefficient (Wildman–Crippen LogP) is 9.01. The quantitative estimate of drug-likeness (QED) is 0.0919. The van der Waals surface area contributed by atoms with E-state index in [1.165, 1.54) is 23.4 Å². The molecule has 0 fully saturated rings. The molecule has 0 aliphatic carbocycles. The number of rotatable bonds is 11. The van der Waals surface area contributed by atoms with Crippen molar-refractivity contribution in [3.05, 3.63) is 104 Å². The molecule has 2 rings (SSSR count). The predicted molar refractivity (Wildman–Crippen MR) is 179 cm³/mol. The molecule has 0 bridgehead atoms. The van der Waals surface area contributed by atoms with Crippen molar-refractivity contribution in [3.8, 4) is 0 Å². The number of ether oxygens (including phenoxy) is 1. The standard InChI is InChI=1S/C36H47FN2O2S/c1-11-32(42-35(24(5)6)36(40)41-12-2)26(8)21-30(29-17-13-14-18-31(29)37)34(27(9)38-10)33(23(3)4)28-16-15-19-39-22-25(7)20-28/h13-14,17-18,20-21,25-26,39H,1,3,12,15-16,19,22H2,2,4-10H3/b28-20-,30-21-,34-33-,38-27?/t25-,26?/m1/s1. The molecule has 1 unspecified atom stereocenters. The van der Waals surface area contributed by atoms with Gasteiger partial charge >= 0.3 is 5.97 Å². The number of hydrogen-bond acceptors (Lipinski definition) is 5. The lowest BCUT2D eigenvalue weighted by Gasteiger charge is -2.25. The van der Waals surface area contributed by atoms with Crippen molar-refractivity contribution in [2.24, 2.45) is 16.8 Å². The van der Waals surface area contributed by atoms with Gasteiger partial charge in [-0.15, -0.1) is 5.73 Å². The van der Waals surface area contributed by atoms with Crippen molar-refractivity contribution in [3.63, 3.8) is 0 Å². The highest BCUT2D eigenvalue weighted by Gasteiger charge is 2.25. The molecule has 0 radical (unpaired) electrons. The van der Waals surface area contributed by atoms with E-state index in [0.717, 1.165) is 64.4 Å². The average molecular weight is 591 g/mol. The van der Waals surface area contributed by atoms with Crippen molar-refractivity contribution in [2.75, 3.05) is 26.7 Å². The van der Waals surface area contributed by atoms with Gasteiger partial charge in [-0.3, -0.25) is 4.99 Å². The van der Waals surface area contributed by atoms with Crippen LogP contribution in [0.4, 0.5) is 4.39 Å². The molecule has 226 valence electrons. The summed E-state index contributed by atoms with van der Waals surface area (Å²) in [5.74, 6) is -0.631. The van der Waals surface area contributed by atoms with E-state index in [9.17, 15) is 4.79 Å². The van der Waals surface area contributed by atoms with Crippen molar-refractivity contribution in [1.82, 2.24) is 5.32 Å². The molecule has 6 heteroatoms. The Bertz CT molecular complexity index is 1370. The van der Waals surface area contributed by atoms with E-state index in [-0.39, 0.29) is 24.3 Å². The van der Waals surface area contributed by atoms with Crippen LogP contribution in [0.3, 0.4) is 0 Å². The lowest BCUT2D eigenvalue weighted by Crippen LogP contribution is -2.24. The Kier molecular flexibility index (Phi) is 14.2. The van der Waals surface area contributed by atoms with E-state index in [2.05, 4.69) is 42.2 Å². The minimum Gasteiger partial charge on any atom is -0.462 e.